The van der Waals surface area contributed by atoms with Gasteiger partial charge in [-0.1, -0.05) is 0 Å². The quantitative estimate of drug-likeness (QED) is 0.199. The Hall–Kier alpha value is -3.35. The van der Waals surface area contributed by atoms with E-state index in [1.54, 1.807) is 12.0 Å². The van der Waals surface area contributed by atoms with Crippen LogP contribution in [-0.4, -0.2) is 3.21 Å². The van der Waals surface area contributed by atoms with Crippen LogP contribution in [0.4, 0.5) is 0 Å². The Morgan fingerprint density at radius 1 is 0.577 bits per heavy atom. The molecule has 0 amide bonds. The minimum atomic E-state index is -2.89. The number of rotatable bonds is 4. The van der Waals surface area contributed by atoms with Gasteiger partial charge >= 0.3 is 309 Å². The van der Waals surface area contributed by atoms with Gasteiger partial charge in [-0.2, -0.15) is 0 Å². The fraction of sp³-hybridized carbons (Fsp3) is 0.245. The molecule has 0 fully saturated rings. The van der Waals surface area contributed by atoms with Crippen LogP contribution in [0, 0.1) is 13.8 Å². The van der Waals surface area contributed by atoms with Crippen molar-refractivity contribution in [2.24, 2.45) is 0 Å². The second-order valence-electron chi connectivity index (χ2n) is 16.7. The van der Waals surface area contributed by atoms with Gasteiger partial charge in [0.2, 0.25) is 0 Å². The summed E-state index contributed by atoms with van der Waals surface area (Å²) in [6.45, 7) is 19.1. The standard InChI is InChI=1S/C23H29.C21H14.C5H5.2ClH.Zr/c1-14-9-16-11-17-10-15(2)21(23(6,7)8)13-19(17)18(16)12-20(14)22(3,4)5;1-3-7-20-14-16(9-11-18(20)5-1)13-17-10-12-19-6-2-4-8-21(19)15-17;1-2-4-5-3-1;;;/h9,12-13H,11H2,1-8H3;1-12,14-15H;1-5H;2*1H;/q;;;;;+2/p-2. The van der Waals surface area contributed by atoms with Crippen molar-refractivity contribution in [1.82, 2.24) is 0 Å². The number of aryl methyl sites for hydroxylation is 1. The van der Waals surface area contributed by atoms with Crippen LogP contribution in [0.2, 0.25) is 3.63 Å². The number of hydrogen-bond acceptors (Lipinski definition) is 0. The van der Waals surface area contributed by atoms with Gasteiger partial charge in [0.05, 0.1) is 0 Å². The monoisotopic (exact) mass is 796 g/mol. The Morgan fingerprint density at radius 3 is 1.60 bits per heavy atom. The first-order chi connectivity index (χ1) is 23.9. The number of fused-ring (bicyclic) bond motifs is 5. The van der Waals surface area contributed by atoms with Crippen LogP contribution in [0.25, 0.3) is 32.7 Å². The molecule has 0 unspecified atom stereocenters. The summed E-state index contributed by atoms with van der Waals surface area (Å²) in [5, 5.41) is 5.22. The minimum Gasteiger partial charge on any atom is -1.00 e. The largest absolute Gasteiger partial charge is 1.00 e. The maximum atomic E-state index is 2.59. The first kappa shape index (κ1) is 38.4. The second kappa shape index (κ2) is 14.5. The Balaban J connectivity index is 0.00000232. The molecular formula is C49H48Cl2Zr. The van der Waals surface area contributed by atoms with Crippen molar-refractivity contribution in [3.05, 3.63) is 172 Å². The summed E-state index contributed by atoms with van der Waals surface area (Å²) < 4.78 is 3.74. The fourth-order valence-corrected chi connectivity index (χ4v) is 17.5. The Labute approximate surface area is 331 Å². The molecule has 262 valence electrons. The van der Waals surface area contributed by atoms with Gasteiger partial charge in [-0.25, -0.2) is 0 Å². The zero-order valence-electron chi connectivity index (χ0n) is 31.7. The molecule has 8 rings (SSSR count). The molecule has 3 heteroatoms. The SMILES string of the molecule is Cc1cc2c(cc1C(C)(C)C)-c1cc(C(C)(C)C)c(C)[c]([Zr+2](=[C](c3ccc4ccccc4c3)c3ccc4ccccc4c3)[CH]3C=CC=C3)c1C2.[Cl-].[Cl-]. The Kier molecular flexibility index (Phi) is 10.7. The van der Waals surface area contributed by atoms with Crippen LogP contribution in [0.3, 0.4) is 0 Å². The molecule has 6 aromatic carbocycles. The predicted molar refractivity (Wildman–Crippen MR) is 214 cm³/mol. The molecule has 52 heavy (non-hydrogen) atoms. The molecule has 0 saturated heterocycles. The molecule has 0 atom stereocenters. The molecule has 0 spiro atoms. The smallest absolute Gasteiger partial charge is 1.00 e. The third kappa shape index (κ3) is 6.79. The molecular weight excluding hydrogens is 751 g/mol. The van der Waals surface area contributed by atoms with Gasteiger partial charge in [-0.05, 0) is 0 Å². The summed E-state index contributed by atoms with van der Waals surface area (Å²) in [4.78, 5) is 0. The van der Waals surface area contributed by atoms with E-state index >= 15 is 0 Å². The van der Waals surface area contributed by atoms with E-state index in [2.05, 4.69) is 183 Å². The number of halogens is 2. The second-order valence-corrected chi connectivity index (χ2v) is 22.8. The van der Waals surface area contributed by atoms with Crippen LogP contribution >= 0.6 is 0 Å². The number of hydrogen-bond donors (Lipinski definition) is 0. The first-order valence-corrected chi connectivity index (χ1v) is 22.2. The van der Waals surface area contributed by atoms with E-state index in [9.17, 15) is 0 Å². The minimum absolute atomic E-state index is 0. The van der Waals surface area contributed by atoms with Crippen LogP contribution in [0.15, 0.2) is 127 Å². The van der Waals surface area contributed by atoms with Crippen molar-refractivity contribution >= 4 is 28.0 Å². The van der Waals surface area contributed by atoms with Crippen molar-refractivity contribution in [3.63, 3.8) is 0 Å². The van der Waals surface area contributed by atoms with E-state index in [-0.39, 0.29) is 35.6 Å². The first-order valence-electron chi connectivity index (χ1n) is 18.3. The molecule has 2 aliphatic rings. The van der Waals surface area contributed by atoms with Gasteiger partial charge in [0.1, 0.15) is 0 Å². The van der Waals surface area contributed by atoms with E-state index in [1.165, 1.54) is 71.6 Å². The molecule has 0 N–H and O–H groups in total. The van der Waals surface area contributed by atoms with Gasteiger partial charge in [0.15, 0.2) is 0 Å². The van der Waals surface area contributed by atoms with Crippen LogP contribution < -0.4 is 28.1 Å². The number of benzene rings is 6. The summed E-state index contributed by atoms with van der Waals surface area (Å²) in [5.41, 5.74) is 14.8. The van der Waals surface area contributed by atoms with Gasteiger partial charge in [-0.15, -0.1) is 0 Å². The Bertz CT molecular complexity index is 2350. The summed E-state index contributed by atoms with van der Waals surface area (Å²) in [6, 6.07) is 39.9. The van der Waals surface area contributed by atoms with Crippen LogP contribution in [-0.2, 0) is 38.5 Å². The molecule has 0 saturated carbocycles. The molecule has 0 bridgehead atoms. The van der Waals surface area contributed by atoms with Crippen molar-refractivity contribution in [3.8, 4) is 11.1 Å². The molecule has 0 radical (unpaired) electrons. The van der Waals surface area contributed by atoms with Crippen molar-refractivity contribution in [1.29, 1.82) is 0 Å². The Morgan fingerprint density at radius 2 is 1.08 bits per heavy atom. The van der Waals surface area contributed by atoms with E-state index in [4.69, 9.17) is 0 Å². The zero-order valence-corrected chi connectivity index (χ0v) is 35.6. The van der Waals surface area contributed by atoms with Crippen molar-refractivity contribution in [2.45, 2.75) is 76.3 Å². The molecule has 0 heterocycles. The normalized spacial score (nSPS) is 13.4. The molecule has 0 aliphatic heterocycles. The maximum absolute atomic E-state index is 2.89. The van der Waals surface area contributed by atoms with Gasteiger partial charge in [-0.3, -0.25) is 0 Å². The predicted octanol–water partition coefficient (Wildman–Crippen LogP) is 6.21. The summed E-state index contributed by atoms with van der Waals surface area (Å²) in [7, 11) is 0. The third-order valence-corrected chi connectivity index (χ3v) is 19.4. The van der Waals surface area contributed by atoms with E-state index < -0.39 is 21.3 Å². The fourth-order valence-electron chi connectivity index (χ4n) is 8.82. The summed E-state index contributed by atoms with van der Waals surface area (Å²) >= 11 is -2.89. The van der Waals surface area contributed by atoms with Gasteiger partial charge < -0.3 is 24.8 Å². The van der Waals surface area contributed by atoms with Gasteiger partial charge in [0, 0.05) is 0 Å². The molecule has 2 aliphatic carbocycles. The van der Waals surface area contributed by atoms with E-state index in [0.717, 1.165) is 6.42 Å². The van der Waals surface area contributed by atoms with Gasteiger partial charge in [0.25, 0.3) is 0 Å². The van der Waals surface area contributed by atoms with Crippen molar-refractivity contribution < 1.29 is 46.1 Å². The van der Waals surface area contributed by atoms with E-state index in [1.807, 2.05) is 0 Å². The maximum Gasteiger partial charge on any atom is -1.00 e. The molecule has 6 aromatic rings. The van der Waals surface area contributed by atoms with E-state index in [0.29, 0.717) is 3.63 Å². The average Bonchev–Trinajstić information content (AvgIpc) is 3.73. The zero-order chi connectivity index (χ0) is 34.9. The van der Waals surface area contributed by atoms with Crippen LogP contribution in [0.1, 0.15) is 86.1 Å². The summed E-state index contributed by atoms with van der Waals surface area (Å²) in [5.74, 6) is 0. The van der Waals surface area contributed by atoms with Crippen molar-refractivity contribution in [2.75, 3.05) is 0 Å². The average molecular weight is 799 g/mol. The third-order valence-electron chi connectivity index (χ3n) is 11.1. The molecule has 0 aromatic heterocycles. The van der Waals surface area contributed by atoms with Crippen LogP contribution in [0.5, 0.6) is 0 Å². The summed E-state index contributed by atoms with van der Waals surface area (Å²) in [6.07, 6.45) is 10.7. The number of allylic oxidation sites excluding steroid dienone is 4. The topological polar surface area (TPSA) is 0 Å². The molecule has 0 nitrogen and oxygen atoms in total.